The van der Waals surface area contributed by atoms with Crippen molar-refractivity contribution < 1.29 is 19.4 Å². The van der Waals surface area contributed by atoms with Crippen LogP contribution in [0.2, 0.25) is 0 Å². The number of rotatable bonds is 12. The lowest BCUT2D eigenvalue weighted by molar-refractivity contribution is -0.132. The minimum Gasteiger partial charge on any atom is -0.505 e. The molecule has 0 saturated carbocycles. The summed E-state index contributed by atoms with van der Waals surface area (Å²) >= 11 is 2.75. The Hall–Kier alpha value is -4.48. The molecule has 0 aliphatic carbocycles. The predicted molar refractivity (Wildman–Crippen MR) is 181 cm³/mol. The number of amides is 1. The molecule has 0 bridgehead atoms. The third-order valence-corrected chi connectivity index (χ3v) is 10.0. The zero-order valence-electron chi connectivity index (χ0n) is 26.0. The molecule has 0 spiro atoms. The normalized spacial score (nSPS) is 16.1. The first kappa shape index (κ1) is 31.5. The van der Waals surface area contributed by atoms with E-state index in [1.165, 1.54) is 40.0 Å². The minimum absolute atomic E-state index is 0.0314. The minimum atomic E-state index is -0.935. The van der Waals surface area contributed by atoms with Crippen LogP contribution in [-0.2, 0) is 15.3 Å². The highest BCUT2D eigenvalue weighted by molar-refractivity contribution is 8.00. The first-order valence-corrected chi connectivity index (χ1v) is 17.2. The second-order valence-electron chi connectivity index (χ2n) is 11.2. The van der Waals surface area contributed by atoms with E-state index in [2.05, 4.69) is 46.4 Å². The van der Waals surface area contributed by atoms with Crippen LogP contribution in [0, 0.1) is 13.8 Å². The number of Topliss-reactive ketones (excluding diaryl/α,β-unsaturated/α-hetero) is 1. The van der Waals surface area contributed by atoms with Crippen molar-refractivity contribution in [2.24, 2.45) is 0 Å². The number of thioether (sulfide) groups is 1. The lowest BCUT2D eigenvalue weighted by Gasteiger charge is -2.22. The van der Waals surface area contributed by atoms with Crippen LogP contribution in [0.4, 0.5) is 5.13 Å². The highest BCUT2D eigenvalue weighted by Gasteiger charge is 2.49. The van der Waals surface area contributed by atoms with Crippen molar-refractivity contribution in [1.82, 2.24) is 19.6 Å². The quantitative estimate of drug-likeness (QED) is 0.0365. The SMILES string of the molecule is CCCCCCOc1ccc(C2/C(=C(\O)c3c(C)nc4ccccn34)C(=O)C(=O)N2c2nnc(SCc3ccc(C)cc3)s2)cc1. The van der Waals surface area contributed by atoms with E-state index in [9.17, 15) is 14.7 Å². The van der Waals surface area contributed by atoms with Crippen molar-refractivity contribution in [2.45, 2.75) is 62.6 Å². The summed E-state index contributed by atoms with van der Waals surface area (Å²) in [6, 6.07) is 20.1. The third-order valence-electron chi connectivity index (χ3n) is 7.92. The average Bonchev–Trinajstić information content (AvgIpc) is 3.74. The molecule has 1 amide bonds. The van der Waals surface area contributed by atoms with Gasteiger partial charge in [-0.25, -0.2) is 4.98 Å². The first-order chi connectivity index (χ1) is 22.4. The molecule has 1 saturated heterocycles. The van der Waals surface area contributed by atoms with Crippen LogP contribution in [0.15, 0.2) is 82.8 Å². The number of ketones is 1. The number of benzene rings is 2. The molecule has 11 heteroatoms. The molecule has 1 atom stereocenters. The fraction of sp³-hybridized carbons (Fsp3) is 0.286. The first-order valence-electron chi connectivity index (χ1n) is 15.4. The van der Waals surface area contributed by atoms with Crippen LogP contribution in [-0.4, -0.2) is 43.0 Å². The summed E-state index contributed by atoms with van der Waals surface area (Å²) in [6.45, 7) is 6.60. The standard InChI is InChI=1S/C35H35N5O4S2/c1-4-5-6-9-20-44-26-17-15-25(16-18-26)30-28(31(41)29-23(3)36-27-10-7-8-19-39(27)29)32(42)33(43)40(30)34-37-38-35(46-34)45-21-24-13-11-22(2)12-14-24/h7-8,10-19,30,41H,4-6,9,20-21H2,1-3H3/b31-28+. The maximum absolute atomic E-state index is 13.8. The van der Waals surface area contributed by atoms with E-state index in [0.29, 0.717) is 45.0 Å². The van der Waals surface area contributed by atoms with E-state index in [-0.39, 0.29) is 16.5 Å². The number of fused-ring (bicyclic) bond motifs is 1. The van der Waals surface area contributed by atoms with Crippen LogP contribution in [0.25, 0.3) is 11.4 Å². The Morgan fingerprint density at radius 2 is 1.76 bits per heavy atom. The Labute approximate surface area is 276 Å². The molecule has 6 rings (SSSR count). The fourth-order valence-electron chi connectivity index (χ4n) is 5.52. The van der Waals surface area contributed by atoms with Gasteiger partial charge in [-0.15, -0.1) is 10.2 Å². The summed E-state index contributed by atoms with van der Waals surface area (Å²) < 4.78 is 8.34. The number of imidazole rings is 1. The molecular weight excluding hydrogens is 619 g/mol. The number of carbonyl (C=O) groups is 2. The van der Waals surface area contributed by atoms with Gasteiger partial charge in [-0.3, -0.25) is 18.9 Å². The second kappa shape index (κ2) is 13.9. The van der Waals surface area contributed by atoms with Crippen molar-refractivity contribution in [3.63, 3.8) is 0 Å². The Morgan fingerprint density at radius 3 is 2.52 bits per heavy atom. The van der Waals surface area contributed by atoms with E-state index in [4.69, 9.17) is 4.74 Å². The summed E-state index contributed by atoms with van der Waals surface area (Å²) in [5.41, 5.74) is 4.44. The zero-order valence-corrected chi connectivity index (χ0v) is 27.6. The van der Waals surface area contributed by atoms with Crippen LogP contribution in [0.3, 0.4) is 0 Å². The van der Waals surface area contributed by atoms with Gasteiger partial charge in [0.2, 0.25) is 5.13 Å². The summed E-state index contributed by atoms with van der Waals surface area (Å²) in [6.07, 6.45) is 6.17. The Balaban J connectivity index is 1.36. The van der Waals surface area contributed by atoms with Gasteiger partial charge in [0.1, 0.15) is 17.1 Å². The molecule has 4 heterocycles. The number of hydrogen-bond donors (Lipinski definition) is 1. The van der Waals surface area contributed by atoms with Crippen molar-refractivity contribution in [2.75, 3.05) is 11.5 Å². The van der Waals surface area contributed by atoms with Crippen LogP contribution in [0.5, 0.6) is 5.75 Å². The van der Waals surface area contributed by atoms with Gasteiger partial charge in [0, 0.05) is 11.9 Å². The molecule has 1 aliphatic rings. The zero-order chi connectivity index (χ0) is 32.2. The van der Waals surface area contributed by atoms with Gasteiger partial charge in [-0.2, -0.15) is 0 Å². The van der Waals surface area contributed by atoms with Gasteiger partial charge in [-0.1, -0.05) is 97.3 Å². The molecule has 1 fully saturated rings. The number of aromatic nitrogens is 4. The summed E-state index contributed by atoms with van der Waals surface area (Å²) in [5.74, 6) is -0.490. The summed E-state index contributed by atoms with van der Waals surface area (Å²) in [7, 11) is 0. The van der Waals surface area contributed by atoms with Gasteiger partial charge >= 0.3 is 5.91 Å². The molecule has 1 unspecified atom stereocenters. The van der Waals surface area contributed by atoms with Gasteiger partial charge in [-0.05, 0) is 55.7 Å². The van der Waals surface area contributed by atoms with Gasteiger partial charge in [0.05, 0.1) is 23.9 Å². The molecule has 2 aromatic carbocycles. The molecule has 46 heavy (non-hydrogen) atoms. The maximum atomic E-state index is 13.8. The molecule has 1 N–H and O–H groups in total. The largest absolute Gasteiger partial charge is 0.505 e. The lowest BCUT2D eigenvalue weighted by atomic mass is 9.96. The highest BCUT2D eigenvalue weighted by atomic mass is 32.2. The average molecular weight is 654 g/mol. The molecule has 9 nitrogen and oxygen atoms in total. The topological polar surface area (TPSA) is 110 Å². The monoisotopic (exact) mass is 653 g/mol. The number of anilines is 1. The van der Waals surface area contributed by atoms with Crippen molar-refractivity contribution in [3.05, 3.63) is 107 Å². The second-order valence-corrected chi connectivity index (χ2v) is 13.4. The molecule has 0 radical (unpaired) electrons. The number of aliphatic hydroxyl groups excluding tert-OH is 1. The number of pyridine rings is 1. The number of nitrogens with zero attached hydrogens (tertiary/aromatic N) is 5. The van der Waals surface area contributed by atoms with E-state index < -0.39 is 17.7 Å². The number of carbonyl (C=O) groups excluding carboxylic acids is 2. The Kier molecular flexibility index (Phi) is 9.51. The Bertz CT molecular complexity index is 1900. The van der Waals surface area contributed by atoms with E-state index in [0.717, 1.165) is 24.8 Å². The fourth-order valence-corrected chi connectivity index (χ4v) is 7.35. The number of aliphatic hydroxyl groups is 1. The van der Waals surface area contributed by atoms with Gasteiger partial charge in [0.25, 0.3) is 5.78 Å². The number of aryl methyl sites for hydroxylation is 2. The number of ether oxygens (including phenoxy) is 1. The molecule has 5 aromatic rings. The smallest absolute Gasteiger partial charge is 0.301 e. The van der Waals surface area contributed by atoms with Gasteiger partial charge < -0.3 is 9.84 Å². The molecular formula is C35H35N5O4S2. The van der Waals surface area contributed by atoms with Crippen LogP contribution in [0.1, 0.15) is 66.7 Å². The summed E-state index contributed by atoms with van der Waals surface area (Å²) in [5, 5.41) is 20.8. The maximum Gasteiger partial charge on any atom is 0.301 e. The predicted octanol–water partition coefficient (Wildman–Crippen LogP) is 7.68. The summed E-state index contributed by atoms with van der Waals surface area (Å²) in [4.78, 5) is 33.4. The van der Waals surface area contributed by atoms with Crippen molar-refractivity contribution in [1.29, 1.82) is 0 Å². The molecule has 3 aromatic heterocycles. The van der Waals surface area contributed by atoms with E-state index >= 15 is 0 Å². The van der Waals surface area contributed by atoms with Crippen molar-refractivity contribution in [3.8, 4) is 5.75 Å². The third kappa shape index (κ3) is 6.43. The molecule has 236 valence electrons. The van der Waals surface area contributed by atoms with E-state index in [1.807, 2.05) is 49.4 Å². The number of hydrogen-bond acceptors (Lipinski definition) is 9. The number of unbranched alkanes of at least 4 members (excludes halogenated alkanes) is 3. The van der Waals surface area contributed by atoms with Gasteiger partial charge in [0.15, 0.2) is 10.1 Å². The Morgan fingerprint density at radius 1 is 0.978 bits per heavy atom. The van der Waals surface area contributed by atoms with E-state index in [1.54, 1.807) is 17.5 Å². The highest BCUT2D eigenvalue weighted by Crippen LogP contribution is 2.44. The lowest BCUT2D eigenvalue weighted by Crippen LogP contribution is -2.29. The molecule has 1 aliphatic heterocycles. The van der Waals surface area contributed by atoms with Crippen molar-refractivity contribution >= 4 is 51.3 Å². The van der Waals surface area contributed by atoms with Crippen LogP contribution < -0.4 is 9.64 Å². The van der Waals surface area contributed by atoms with Crippen LogP contribution >= 0.6 is 23.1 Å².